The van der Waals surface area contributed by atoms with E-state index in [2.05, 4.69) is 20.5 Å². The van der Waals surface area contributed by atoms with Gasteiger partial charge in [-0.3, -0.25) is 0 Å². The van der Waals surface area contributed by atoms with Gasteiger partial charge in [0.25, 0.3) is 5.89 Å². The third kappa shape index (κ3) is 2.24. The number of aryl methyl sites for hydroxylation is 1. The molecule has 0 aliphatic heterocycles. The molecule has 3 aromatic rings. The Morgan fingerprint density at radius 2 is 2.09 bits per heavy atom. The van der Waals surface area contributed by atoms with E-state index in [0.717, 1.165) is 36.2 Å². The topological polar surface area (TPSA) is 95.7 Å². The lowest BCUT2D eigenvalue weighted by Crippen LogP contribution is -2.44. The smallest absolute Gasteiger partial charge is 0.280 e. The maximum Gasteiger partial charge on any atom is 0.280 e. The molecule has 0 amide bonds. The Morgan fingerprint density at radius 3 is 2.78 bits per heavy atom. The van der Waals surface area contributed by atoms with Gasteiger partial charge in [-0.15, -0.1) is 5.10 Å². The summed E-state index contributed by atoms with van der Waals surface area (Å²) in [5, 5.41) is 12.5. The highest BCUT2D eigenvalue weighted by molar-refractivity contribution is 5.51. The van der Waals surface area contributed by atoms with Crippen LogP contribution in [0.4, 0.5) is 0 Å². The average Bonchev–Trinajstić information content (AvgIpc) is 3.11. The number of aromatic nitrogens is 5. The number of rotatable bonds is 3. The maximum absolute atomic E-state index is 6.24. The summed E-state index contributed by atoms with van der Waals surface area (Å²) in [6, 6.07) is 8.07. The van der Waals surface area contributed by atoms with Crippen molar-refractivity contribution in [1.29, 1.82) is 0 Å². The third-order valence-corrected chi connectivity index (χ3v) is 4.46. The molecule has 2 N–H and O–H groups in total. The van der Waals surface area contributed by atoms with Gasteiger partial charge in [-0.25, -0.2) is 4.68 Å². The van der Waals surface area contributed by atoms with Gasteiger partial charge in [-0.05, 0) is 50.8 Å². The fraction of sp³-hybridized carbons (Fsp3) is 0.375. The van der Waals surface area contributed by atoms with Crippen molar-refractivity contribution in [3.8, 4) is 17.3 Å². The van der Waals surface area contributed by atoms with E-state index in [9.17, 15) is 0 Å². The van der Waals surface area contributed by atoms with Gasteiger partial charge in [0, 0.05) is 0 Å². The van der Waals surface area contributed by atoms with E-state index in [1.54, 1.807) is 4.68 Å². The van der Waals surface area contributed by atoms with Crippen LogP contribution in [0.25, 0.3) is 17.3 Å². The van der Waals surface area contributed by atoms with Crippen LogP contribution in [0.1, 0.15) is 36.3 Å². The lowest BCUT2D eigenvalue weighted by molar-refractivity contribution is 0.229. The second-order valence-electron chi connectivity index (χ2n) is 6.21. The van der Waals surface area contributed by atoms with Crippen LogP contribution in [-0.2, 0) is 5.54 Å². The van der Waals surface area contributed by atoms with E-state index in [4.69, 9.17) is 10.3 Å². The normalized spacial score (nSPS) is 16.3. The van der Waals surface area contributed by atoms with Crippen molar-refractivity contribution >= 4 is 0 Å². The molecule has 2 heterocycles. The molecular formula is C16H18N6O. The minimum atomic E-state index is -0.442. The van der Waals surface area contributed by atoms with Crippen molar-refractivity contribution < 1.29 is 4.52 Å². The molecule has 4 rings (SSSR count). The van der Waals surface area contributed by atoms with Crippen LogP contribution in [0.15, 0.2) is 28.8 Å². The molecule has 0 atom stereocenters. The summed E-state index contributed by atoms with van der Waals surface area (Å²) < 4.78 is 7.14. The van der Waals surface area contributed by atoms with Gasteiger partial charge in [0.1, 0.15) is 0 Å². The van der Waals surface area contributed by atoms with Crippen molar-refractivity contribution in [3.05, 3.63) is 41.3 Å². The number of nitrogens with two attached hydrogens (primary N) is 1. The van der Waals surface area contributed by atoms with Crippen molar-refractivity contribution in [1.82, 2.24) is 25.1 Å². The van der Waals surface area contributed by atoms with Crippen LogP contribution in [0, 0.1) is 13.8 Å². The zero-order valence-electron chi connectivity index (χ0n) is 13.2. The van der Waals surface area contributed by atoms with Gasteiger partial charge < -0.3 is 10.3 Å². The largest absolute Gasteiger partial charge is 0.332 e. The molecule has 1 aliphatic rings. The monoisotopic (exact) mass is 310 g/mol. The molecule has 0 radical (unpaired) electrons. The summed E-state index contributed by atoms with van der Waals surface area (Å²) in [4.78, 5) is 4.44. The van der Waals surface area contributed by atoms with Gasteiger partial charge >= 0.3 is 0 Å². The lowest BCUT2D eigenvalue weighted by Gasteiger charge is -2.34. The summed E-state index contributed by atoms with van der Waals surface area (Å²) in [6.45, 7) is 3.98. The molecule has 7 nitrogen and oxygen atoms in total. The average molecular weight is 310 g/mol. The van der Waals surface area contributed by atoms with E-state index >= 15 is 0 Å². The Kier molecular flexibility index (Phi) is 3.05. The van der Waals surface area contributed by atoms with Gasteiger partial charge in [0.05, 0.1) is 16.9 Å². The molecule has 0 unspecified atom stereocenters. The minimum Gasteiger partial charge on any atom is -0.332 e. The highest BCUT2D eigenvalue weighted by Crippen LogP contribution is 2.37. The predicted molar refractivity (Wildman–Crippen MR) is 83.8 cm³/mol. The molecule has 0 bridgehead atoms. The standard InChI is InChI=1S/C16H18N6O/c1-10-5-3-6-12(9-10)22-11(2)13(19-21-22)14-18-15(20-23-14)16(17)7-4-8-16/h3,5-6,9H,4,7-8,17H2,1-2H3. The molecule has 0 saturated heterocycles. The molecule has 2 aromatic heterocycles. The third-order valence-electron chi connectivity index (χ3n) is 4.46. The Balaban J connectivity index is 1.71. The van der Waals surface area contributed by atoms with Gasteiger partial charge in [-0.2, -0.15) is 4.98 Å². The van der Waals surface area contributed by atoms with Crippen molar-refractivity contribution in [2.24, 2.45) is 5.73 Å². The zero-order chi connectivity index (χ0) is 16.0. The first-order valence-corrected chi connectivity index (χ1v) is 7.70. The SMILES string of the molecule is Cc1cccc(-n2nnc(-c3nc(C4(N)CCC4)no3)c2C)c1. The van der Waals surface area contributed by atoms with E-state index in [1.807, 2.05) is 38.1 Å². The number of hydrogen-bond acceptors (Lipinski definition) is 6. The van der Waals surface area contributed by atoms with E-state index < -0.39 is 5.54 Å². The maximum atomic E-state index is 6.24. The quantitative estimate of drug-likeness (QED) is 0.797. The minimum absolute atomic E-state index is 0.369. The van der Waals surface area contributed by atoms with Crippen molar-refractivity contribution in [2.75, 3.05) is 0 Å². The first-order valence-electron chi connectivity index (χ1n) is 7.70. The molecule has 23 heavy (non-hydrogen) atoms. The summed E-state index contributed by atoms with van der Waals surface area (Å²) in [5.41, 5.74) is 9.36. The second-order valence-corrected chi connectivity index (χ2v) is 6.21. The Labute approximate surface area is 133 Å². The number of nitrogens with zero attached hydrogens (tertiary/aromatic N) is 5. The fourth-order valence-electron chi connectivity index (χ4n) is 2.83. The van der Waals surface area contributed by atoms with Crippen LogP contribution in [0.5, 0.6) is 0 Å². The first-order chi connectivity index (χ1) is 11.1. The molecule has 0 spiro atoms. The molecule has 1 saturated carbocycles. The van der Waals surface area contributed by atoms with Gasteiger partial charge in [0.2, 0.25) is 0 Å². The summed E-state index contributed by atoms with van der Waals surface area (Å²) in [5.74, 6) is 0.927. The number of hydrogen-bond donors (Lipinski definition) is 1. The highest BCUT2D eigenvalue weighted by atomic mass is 16.5. The highest BCUT2D eigenvalue weighted by Gasteiger charge is 2.39. The second kappa shape index (κ2) is 4.99. The van der Waals surface area contributed by atoms with Crippen LogP contribution in [-0.4, -0.2) is 25.1 Å². The lowest BCUT2D eigenvalue weighted by atomic mass is 9.77. The van der Waals surface area contributed by atoms with Crippen molar-refractivity contribution in [3.63, 3.8) is 0 Å². The summed E-state index contributed by atoms with van der Waals surface area (Å²) >= 11 is 0. The van der Waals surface area contributed by atoms with E-state index in [0.29, 0.717) is 17.4 Å². The Bertz CT molecular complexity index is 861. The predicted octanol–water partition coefficient (Wildman–Crippen LogP) is 2.27. The summed E-state index contributed by atoms with van der Waals surface area (Å²) in [6.07, 6.45) is 2.88. The van der Waals surface area contributed by atoms with Crippen molar-refractivity contribution in [2.45, 2.75) is 38.6 Å². The summed E-state index contributed by atoms with van der Waals surface area (Å²) in [7, 11) is 0. The number of benzene rings is 1. The zero-order valence-corrected chi connectivity index (χ0v) is 13.2. The Hall–Kier alpha value is -2.54. The van der Waals surface area contributed by atoms with Crippen LogP contribution in [0.2, 0.25) is 0 Å². The molecule has 1 aromatic carbocycles. The first kappa shape index (κ1) is 14.1. The van der Waals surface area contributed by atoms with Crippen LogP contribution in [0.3, 0.4) is 0 Å². The molecule has 118 valence electrons. The molecule has 1 fully saturated rings. The molecule has 1 aliphatic carbocycles. The van der Waals surface area contributed by atoms with Crippen LogP contribution < -0.4 is 5.73 Å². The Morgan fingerprint density at radius 1 is 1.26 bits per heavy atom. The van der Waals surface area contributed by atoms with E-state index in [1.165, 1.54) is 0 Å². The van der Waals surface area contributed by atoms with E-state index in [-0.39, 0.29) is 0 Å². The van der Waals surface area contributed by atoms with Gasteiger partial charge in [-0.1, -0.05) is 22.5 Å². The van der Waals surface area contributed by atoms with Gasteiger partial charge in [0.15, 0.2) is 11.5 Å². The van der Waals surface area contributed by atoms with Crippen LogP contribution >= 0.6 is 0 Å². The molecule has 7 heteroatoms. The fourth-order valence-corrected chi connectivity index (χ4v) is 2.83. The molecular weight excluding hydrogens is 292 g/mol.